The molecule has 1 aromatic rings. The van der Waals surface area contributed by atoms with Crippen LogP contribution in [0.15, 0.2) is 23.1 Å². The van der Waals surface area contributed by atoms with Gasteiger partial charge in [-0.3, -0.25) is 0 Å². The van der Waals surface area contributed by atoms with Gasteiger partial charge in [0.1, 0.15) is 10.6 Å². The Hall–Kier alpha value is -1.39. The zero-order chi connectivity index (χ0) is 18.4. The summed E-state index contributed by atoms with van der Waals surface area (Å²) in [4.78, 5) is 10.6. The van der Waals surface area contributed by atoms with E-state index in [1.807, 2.05) is 4.72 Å². The summed E-state index contributed by atoms with van der Waals surface area (Å²) in [5, 5.41) is 18.6. The average molecular weight is 382 g/mol. The van der Waals surface area contributed by atoms with Crippen LogP contribution in [0.2, 0.25) is 5.02 Å². The Morgan fingerprint density at radius 3 is 2.62 bits per heavy atom. The molecule has 0 aliphatic carbocycles. The number of methoxy groups -OCH3 is 1. The number of nitrogens with one attached hydrogen (secondary N) is 1. The smallest absolute Gasteiger partial charge is 0.336 e. The molecule has 1 unspecified atom stereocenters. The number of carboxylic acids is 1. The molecule has 0 saturated carbocycles. The van der Waals surface area contributed by atoms with Crippen molar-refractivity contribution in [1.82, 2.24) is 4.72 Å². The number of carbonyl (C=O) groups is 1. The van der Waals surface area contributed by atoms with Crippen LogP contribution in [0.25, 0.3) is 0 Å². The Kier molecular flexibility index (Phi) is 7.43. The molecule has 10 heteroatoms. The van der Waals surface area contributed by atoms with Crippen molar-refractivity contribution >= 4 is 27.6 Å². The molecule has 0 aliphatic heterocycles. The molecular weight excluding hydrogens is 362 g/mol. The maximum absolute atomic E-state index is 12.4. The van der Waals surface area contributed by atoms with Crippen LogP contribution < -0.4 is 9.46 Å². The van der Waals surface area contributed by atoms with E-state index in [1.165, 1.54) is 25.3 Å². The van der Waals surface area contributed by atoms with Crippen molar-refractivity contribution < 1.29 is 32.9 Å². The van der Waals surface area contributed by atoms with Gasteiger partial charge in [0.05, 0.1) is 13.2 Å². The van der Waals surface area contributed by atoms with E-state index in [4.69, 9.17) is 26.2 Å². The second kappa shape index (κ2) is 8.63. The number of hydrogen-bond acceptors (Lipinski definition) is 6. The van der Waals surface area contributed by atoms with E-state index in [9.17, 15) is 18.3 Å². The highest BCUT2D eigenvalue weighted by atomic mass is 35.5. The van der Waals surface area contributed by atoms with Crippen LogP contribution in [0.3, 0.4) is 0 Å². The molecule has 0 spiro atoms. The van der Waals surface area contributed by atoms with Crippen LogP contribution in [-0.4, -0.2) is 57.1 Å². The molecule has 1 aromatic carbocycles. The van der Waals surface area contributed by atoms with Crippen LogP contribution in [-0.2, 0) is 19.6 Å². The summed E-state index contributed by atoms with van der Waals surface area (Å²) < 4.78 is 37.1. The SMILES string of the molecule is COCCCOc1ccc(Cl)cc1S(=O)(=O)NCC(C)(O)C(=O)O. The first-order valence-corrected chi connectivity index (χ1v) is 8.83. The zero-order valence-corrected chi connectivity index (χ0v) is 14.9. The fourth-order valence-electron chi connectivity index (χ4n) is 1.59. The second-order valence-electron chi connectivity index (χ2n) is 5.19. The standard InChI is InChI=1S/C14H20ClNO7S/c1-14(19,13(17)18)9-16-24(20,21)12-8-10(15)4-5-11(12)23-7-3-6-22-2/h4-5,8,16,19H,3,6-7,9H2,1-2H3,(H,17,18). The Morgan fingerprint density at radius 1 is 1.38 bits per heavy atom. The molecule has 0 amide bonds. The Morgan fingerprint density at radius 2 is 2.04 bits per heavy atom. The Bertz CT molecular complexity index is 676. The van der Waals surface area contributed by atoms with Crippen molar-refractivity contribution in [2.75, 3.05) is 26.9 Å². The number of sulfonamides is 1. The Labute approximate surface area is 145 Å². The molecule has 0 heterocycles. The predicted octanol–water partition coefficient (Wildman–Crippen LogP) is 0.869. The van der Waals surface area contributed by atoms with Crippen LogP contribution in [0.1, 0.15) is 13.3 Å². The lowest BCUT2D eigenvalue weighted by atomic mass is 10.1. The van der Waals surface area contributed by atoms with E-state index in [-0.39, 0.29) is 22.3 Å². The first-order chi connectivity index (χ1) is 11.1. The third kappa shape index (κ3) is 5.91. The first-order valence-electron chi connectivity index (χ1n) is 6.97. The largest absolute Gasteiger partial charge is 0.492 e. The maximum atomic E-state index is 12.4. The van der Waals surface area contributed by atoms with Gasteiger partial charge in [0.2, 0.25) is 10.0 Å². The predicted molar refractivity (Wildman–Crippen MR) is 86.9 cm³/mol. The van der Waals surface area contributed by atoms with Gasteiger partial charge < -0.3 is 19.7 Å². The molecule has 0 aromatic heterocycles. The summed E-state index contributed by atoms with van der Waals surface area (Å²) in [6, 6.07) is 4.06. The van der Waals surface area contributed by atoms with Crippen LogP contribution in [0, 0.1) is 0 Å². The normalized spacial score (nSPS) is 14.2. The number of carboxylic acid groups (broad SMARTS) is 1. The van der Waals surface area contributed by atoms with Crippen molar-refractivity contribution in [3.8, 4) is 5.75 Å². The third-order valence-electron chi connectivity index (χ3n) is 3.01. The summed E-state index contributed by atoms with van der Waals surface area (Å²) in [6.07, 6.45) is 0.555. The van der Waals surface area contributed by atoms with Crippen molar-refractivity contribution in [2.45, 2.75) is 23.8 Å². The lowest BCUT2D eigenvalue weighted by molar-refractivity contribution is -0.155. The van der Waals surface area contributed by atoms with E-state index in [2.05, 4.69) is 0 Å². The van der Waals surface area contributed by atoms with E-state index in [0.717, 1.165) is 6.92 Å². The highest BCUT2D eigenvalue weighted by Crippen LogP contribution is 2.27. The number of hydrogen-bond donors (Lipinski definition) is 3. The molecule has 0 saturated heterocycles. The molecule has 0 fully saturated rings. The van der Waals surface area contributed by atoms with Crippen molar-refractivity contribution in [2.24, 2.45) is 0 Å². The van der Waals surface area contributed by atoms with Crippen LogP contribution in [0.4, 0.5) is 0 Å². The minimum absolute atomic E-state index is 0.0676. The fourth-order valence-corrected chi connectivity index (χ4v) is 3.12. The van der Waals surface area contributed by atoms with E-state index < -0.39 is 28.1 Å². The summed E-state index contributed by atoms with van der Waals surface area (Å²) in [5.41, 5.74) is -2.24. The Balaban J connectivity index is 2.96. The minimum Gasteiger partial charge on any atom is -0.492 e. The molecule has 24 heavy (non-hydrogen) atoms. The molecule has 0 radical (unpaired) electrons. The fraction of sp³-hybridized carbons (Fsp3) is 0.500. The van der Waals surface area contributed by atoms with Gasteiger partial charge in [-0.25, -0.2) is 17.9 Å². The monoisotopic (exact) mass is 381 g/mol. The molecule has 3 N–H and O–H groups in total. The third-order valence-corrected chi connectivity index (χ3v) is 4.67. The van der Waals surface area contributed by atoms with E-state index in [1.54, 1.807) is 0 Å². The molecule has 0 bridgehead atoms. The van der Waals surface area contributed by atoms with Crippen molar-refractivity contribution in [1.29, 1.82) is 0 Å². The van der Waals surface area contributed by atoms with Gasteiger partial charge in [-0.15, -0.1) is 0 Å². The number of benzene rings is 1. The van der Waals surface area contributed by atoms with Crippen LogP contribution >= 0.6 is 11.6 Å². The summed E-state index contributed by atoms with van der Waals surface area (Å²) in [5.74, 6) is -1.48. The quantitative estimate of drug-likeness (QED) is 0.514. The van der Waals surface area contributed by atoms with Crippen molar-refractivity contribution in [3.05, 3.63) is 23.2 Å². The number of aliphatic hydroxyl groups is 1. The van der Waals surface area contributed by atoms with Gasteiger partial charge in [-0.2, -0.15) is 0 Å². The second-order valence-corrected chi connectivity index (χ2v) is 7.36. The van der Waals surface area contributed by atoms with Gasteiger partial charge in [-0.1, -0.05) is 11.6 Å². The topological polar surface area (TPSA) is 122 Å². The number of halogens is 1. The average Bonchev–Trinajstić information content (AvgIpc) is 2.51. The highest BCUT2D eigenvalue weighted by molar-refractivity contribution is 7.89. The van der Waals surface area contributed by atoms with Crippen LogP contribution in [0.5, 0.6) is 5.75 Å². The summed E-state index contributed by atoms with van der Waals surface area (Å²) in [7, 11) is -2.60. The lowest BCUT2D eigenvalue weighted by Gasteiger charge is -2.19. The zero-order valence-electron chi connectivity index (χ0n) is 13.3. The molecule has 1 rings (SSSR count). The minimum atomic E-state index is -4.14. The van der Waals surface area contributed by atoms with Gasteiger partial charge >= 0.3 is 5.97 Å². The van der Waals surface area contributed by atoms with Gasteiger partial charge in [-0.05, 0) is 25.1 Å². The van der Waals surface area contributed by atoms with Gasteiger partial charge in [0.25, 0.3) is 0 Å². The first kappa shape index (κ1) is 20.7. The van der Waals surface area contributed by atoms with Gasteiger partial charge in [0.15, 0.2) is 5.60 Å². The molecule has 1 atom stereocenters. The summed E-state index contributed by atoms with van der Waals surface area (Å²) >= 11 is 5.84. The van der Waals surface area contributed by atoms with E-state index in [0.29, 0.717) is 13.0 Å². The molecular formula is C14H20ClNO7S. The van der Waals surface area contributed by atoms with Crippen molar-refractivity contribution in [3.63, 3.8) is 0 Å². The molecule has 0 aliphatic rings. The van der Waals surface area contributed by atoms with Gasteiger partial charge in [0, 0.05) is 25.2 Å². The number of ether oxygens (including phenoxy) is 2. The molecule has 136 valence electrons. The highest BCUT2D eigenvalue weighted by Gasteiger charge is 2.32. The summed E-state index contributed by atoms with van der Waals surface area (Å²) in [6.45, 7) is 0.957. The lowest BCUT2D eigenvalue weighted by Crippen LogP contribution is -2.46. The molecule has 8 nitrogen and oxygen atoms in total. The van der Waals surface area contributed by atoms with E-state index >= 15 is 0 Å². The maximum Gasteiger partial charge on any atom is 0.336 e. The number of rotatable bonds is 10. The number of aliphatic carboxylic acids is 1.